The Labute approximate surface area is 134 Å². The van der Waals surface area contributed by atoms with Gasteiger partial charge in [-0.1, -0.05) is 12.1 Å². The minimum Gasteiger partial charge on any atom is -0.398 e. The molecule has 3 heterocycles. The number of hydrogen-bond acceptors (Lipinski definition) is 5. The summed E-state index contributed by atoms with van der Waals surface area (Å²) in [5.74, 6) is 0. The molecule has 2 fully saturated rings. The number of morpholine rings is 1. The van der Waals surface area contributed by atoms with Crippen molar-refractivity contribution in [1.29, 1.82) is 0 Å². The quantitative estimate of drug-likeness (QED) is 0.863. The second-order valence-corrected chi connectivity index (χ2v) is 7.18. The van der Waals surface area contributed by atoms with E-state index in [1.807, 2.05) is 0 Å². The van der Waals surface area contributed by atoms with E-state index in [1.165, 1.54) is 18.4 Å². The number of fused-ring (bicyclic) bond motifs is 2. The van der Waals surface area contributed by atoms with E-state index in [1.54, 1.807) is 11.3 Å². The van der Waals surface area contributed by atoms with Crippen LogP contribution >= 0.6 is 11.3 Å². The van der Waals surface area contributed by atoms with Gasteiger partial charge < -0.3 is 15.4 Å². The van der Waals surface area contributed by atoms with Gasteiger partial charge in [-0.25, -0.2) is 4.98 Å². The number of nitrogens with two attached hydrogens (primary N) is 1. The molecule has 0 saturated carbocycles. The average molecular weight is 315 g/mol. The number of aryl methyl sites for hydroxylation is 1. The van der Waals surface area contributed by atoms with E-state index in [2.05, 4.69) is 36.3 Å². The van der Waals surface area contributed by atoms with Gasteiger partial charge in [0, 0.05) is 29.7 Å². The molecule has 116 valence electrons. The normalized spacial score (nSPS) is 24.0. The zero-order chi connectivity index (χ0) is 15.3. The number of hydrogen-bond donors (Lipinski definition) is 1. The third-order valence-corrected chi connectivity index (χ3v) is 5.77. The zero-order valence-corrected chi connectivity index (χ0v) is 13.8. The highest BCUT2D eigenvalue weighted by molar-refractivity contribution is 7.14. The number of thiazole rings is 1. The summed E-state index contributed by atoms with van der Waals surface area (Å²) in [6, 6.07) is 4.20. The molecule has 5 heteroatoms. The summed E-state index contributed by atoms with van der Waals surface area (Å²) in [6.45, 7) is 6.09. The van der Waals surface area contributed by atoms with Crippen LogP contribution in [0.5, 0.6) is 0 Å². The molecule has 2 aromatic rings. The van der Waals surface area contributed by atoms with Gasteiger partial charge in [-0.05, 0) is 37.8 Å². The first-order valence-electron chi connectivity index (χ1n) is 7.84. The molecule has 2 saturated heterocycles. The lowest BCUT2D eigenvalue weighted by atomic mass is 10.0. The van der Waals surface area contributed by atoms with Gasteiger partial charge in [0.2, 0.25) is 0 Å². The summed E-state index contributed by atoms with van der Waals surface area (Å²) in [6.07, 6.45) is 3.14. The first-order valence-corrected chi connectivity index (χ1v) is 8.72. The van der Waals surface area contributed by atoms with Crippen LogP contribution in [0.4, 0.5) is 10.8 Å². The Balaban J connectivity index is 1.63. The molecule has 0 amide bonds. The lowest BCUT2D eigenvalue weighted by Crippen LogP contribution is -2.42. The lowest BCUT2D eigenvalue weighted by Gasteiger charge is -2.31. The van der Waals surface area contributed by atoms with Crippen molar-refractivity contribution in [2.75, 3.05) is 23.7 Å². The van der Waals surface area contributed by atoms with E-state index in [9.17, 15) is 0 Å². The second-order valence-electron chi connectivity index (χ2n) is 6.35. The Morgan fingerprint density at radius 3 is 2.68 bits per heavy atom. The van der Waals surface area contributed by atoms with Crippen LogP contribution in [-0.2, 0) is 4.74 Å². The van der Waals surface area contributed by atoms with Crippen LogP contribution in [0.1, 0.15) is 24.0 Å². The number of aromatic nitrogens is 1. The Hall–Kier alpha value is -1.59. The molecular formula is C17H21N3OS. The maximum Gasteiger partial charge on any atom is 0.186 e. The van der Waals surface area contributed by atoms with Crippen molar-refractivity contribution in [1.82, 2.24) is 4.98 Å². The predicted molar refractivity (Wildman–Crippen MR) is 91.5 cm³/mol. The van der Waals surface area contributed by atoms with Gasteiger partial charge in [0.1, 0.15) is 0 Å². The molecule has 1 aromatic heterocycles. The van der Waals surface area contributed by atoms with Gasteiger partial charge in [-0.2, -0.15) is 0 Å². The molecule has 2 N–H and O–H groups in total. The number of ether oxygens (including phenoxy) is 1. The maximum atomic E-state index is 6.29. The van der Waals surface area contributed by atoms with Crippen LogP contribution in [0.25, 0.3) is 11.3 Å². The maximum absolute atomic E-state index is 6.29. The summed E-state index contributed by atoms with van der Waals surface area (Å²) < 4.78 is 5.90. The van der Waals surface area contributed by atoms with E-state index in [0.717, 1.165) is 40.7 Å². The van der Waals surface area contributed by atoms with E-state index >= 15 is 0 Å². The van der Waals surface area contributed by atoms with Crippen LogP contribution in [0.2, 0.25) is 0 Å². The smallest absolute Gasteiger partial charge is 0.186 e. The zero-order valence-electron chi connectivity index (χ0n) is 13.0. The first-order chi connectivity index (χ1) is 10.6. The molecule has 2 bridgehead atoms. The Morgan fingerprint density at radius 2 is 1.95 bits per heavy atom. The van der Waals surface area contributed by atoms with Crippen molar-refractivity contribution >= 4 is 22.2 Å². The molecule has 2 unspecified atom stereocenters. The van der Waals surface area contributed by atoms with Crippen molar-refractivity contribution in [2.45, 2.75) is 38.9 Å². The minimum absolute atomic E-state index is 0.387. The summed E-state index contributed by atoms with van der Waals surface area (Å²) in [5, 5.41) is 3.21. The monoisotopic (exact) mass is 315 g/mol. The van der Waals surface area contributed by atoms with E-state index in [4.69, 9.17) is 15.5 Å². The molecule has 2 aliphatic rings. The molecule has 2 atom stereocenters. The van der Waals surface area contributed by atoms with Crippen LogP contribution in [0.3, 0.4) is 0 Å². The first kappa shape index (κ1) is 14.0. The molecule has 1 aromatic carbocycles. The van der Waals surface area contributed by atoms with E-state index < -0.39 is 0 Å². The lowest BCUT2D eigenvalue weighted by molar-refractivity contribution is 0.0305. The Morgan fingerprint density at radius 1 is 1.23 bits per heavy atom. The van der Waals surface area contributed by atoms with Crippen LogP contribution in [0.15, 0.2) is 17.5 Å². The van der Waals surface area contributed by atoms with E-state index in [0.29, 0.717) is 12.2 Å². The highest BCUT2D eigenvalue weighted by Crippen LogP contribution is 2.36. The number of anilines is 2. The molecule has 0 aliphatic carbocycles. The highest BCUT2D eigenvalue weighted by atomic mass is 32.1. The van der Waals surface area contributed by atoms with Crippen molar-refractivity contribution in [3.8, 4) is 11.3 Å². The number of rotatable bonds is 2. The minimum atomic E-state index is 0.387. The van der Waals surface area contributed by atoms with Gasteiger partial charge in [-0.15, -0.1) is 11.3 Å². The molecule has 0 spiro atoms. The van der Waals surface area contributed by atoms with Crippen LogP contribution in [-0.4, -0.2) is 30.3 Å². The SMILES string of the molecule is Cc1ccc(-c2csc(N3CC4CCC(C3)O4)n2)c(N)c1C. The average Bonchev–Trinajstić information content (AvgIpc) is 3.12. The number of benzene rings is 1. The predicted octanol–water partition coefficient (Wildman–Crippen LogP) is 3.38. The van der Waals surface area contributed by atoms with Crippen LogP contribution < -0.4 is 10.6 Å². The van der Waals surface area contributed by atoms with Crippen LogP contribution in [0, 0.1) is 13.8 Å². The number of nitrogens with zero attached hydrogens (tertiary/aromatic N) is 2. The Kier molecular flexibility index (Phi) is 3.35. The topological polar surface area (TPSA) is 51.4 Å². The van der Waals surface area contributed by atoms with Gasteiger partial charge >= 0.3 is 0 Å². The third-order valence-electron chi connectivity index (χ3n) is 4.87. The molecular weight excluding hydrogens is 294 g/mol. The van der Waals surface area contributed by atoms with Crippen molar-refractivity contribution in [2.24, 2.45) is 0 Å². The number of nitrogen functional groups attached to an aromatic ring is 1. The third kappa shape index (κ3) is 2.29. The largest absolute Gasteiger partial charge is 0.398 e. The summed E-state index contributed by atoms with van der Waals surface area (Å²) in [5.41, 5.74) is 11.5. The van der Waals surface area contributed by atoms with Gasteiger partial charge in [0.25, 0.3) is 0 Å². The summed E-state index contributed by atoms with van der Waals surface area (Å²) >= 11 is 1.71. The fourth-order valence-electron chi connectivity index (χ4n) is 3.37. The fraction of sp³-hybridized carbons (Fsp3) is 0.471. The molecule has 4 nitrogen and oxygen atoms in total. The fourth-order valence-corrected chi connectivity index (χ4v) is 4.21. The second kappa shape index (κ2) is 5.25. The summed E-state index contributed by atoms with van der Waals surface area (Å²) in [7, 11) is 0. The van der Waals surface area contributed by atoms with Crippen molar-refractivity contribution in [3.05, 3.63) is 28.6 Å². The van der Waals surface area contributed by atoms with Gasteiger partial charge in [0.05, 0.1) is 17.9 Å². The standard InChI is InChI=1S/C17H21N3OS/c1-10-3-6-14(16(18)11(10)2)15-9-22-17(19-15)20-7-12-4-5-13(8-20)21-12/h3,6,9,12-13H,4-5,7-8,18H2,1-2H3. The van der Waals surface area contributed by atoms with Crippen molar-refractivity contribution < 1.29 is 4.74 Å². The highest BCUT2D eigenvalue weighted by Gasteiger charge is 2.34. The molecule has 4 rings (SSSR count). The Bertz CT molecular complexity index is 700. The molecule has 0 radical (unpaired) electrons. The molecule has 22 heavy (non-hydrogen) atoms. The van der Waals surface area contributed by atoms with Gasteiger partial charge in [0.15, 0.2) is 5.13 Å². The molecule has 2 aliphatic heterocycles. The van der Waals surface area contributed by atoms with E-state index in [-0.39, 0.29) is 0 Å². The van der Waals surface area contributed by atoms with Crippen molar-refractivity contribution in [3.63, 3.8) is 0 Å². The summed E-state index contributed by atoms with van der Waals surface area (Å²) in [4.78, 5) is 7.21. The van der Waals surface area contributed by atoms with Gasteiger partial charge in [-0.3, -0.25) is 0 Å².